The van der Waals surface area contributed by atoms with Gasteiger partial charge in [0.15, 0.2) is 0 Å². The summed E-state index contributed by atoms with van der Waals surface area (Å²) in [5.41, 5.74) is 0.218. The van der Waals surface area contributed by atoms with Crippen LogP contribution in [0.2, 0.25) is 0 Å². The second kappa shape index (κ2) is 13.2. The number of ether oxygens (including phenoxy) is 1. The lowest BCUT2D eigenvalue weighted by molar-refractivity contribution is -0.216. The van der Waals surface area contributed by atoms with Gasteiger partial charge in [0.25, 0.3) is 0 Å². The molecule has 232 valence electrons. The van der Waals surface area contributed by atoms with Gasteiger partial charge in [-0.15, -0.1) is 0 Å². The number of cyclic esters (lactones) is 1. The summed E-state index contributed by atoms with van der Waals surface area (Å²) in [4.78, 5) is 12.5. The third-order valence-electron chi connectivity index (χ3n) is 8.66. The molecule has 1 aliphatic heterocycles. The van der Waals surface area contributed by atoms with E-state index in [4.69, 9.17) is 4.74 Å². The largest absolute Gasteiger partial charge is 0.423 e. The van der Waals surface area contributed by atoms with Crippen LogP contribution in [-0.2, 0) is 9.53 Å². The van der Waals surface area contributed by atoms with Crippen LogP contribution in [0.25, 0.3) is 0 Å². The fraction of sp³-hybridized carbons (Fsp3) is 0.486. The summed E-state index contributed by atoms with van der Waals surface area (Å²) in [5.74, 6) is 6.42. The first-order valence-corrected chi connectivity index (χ1v) is 14.9. The van der Waals surface area contributed by atoms with E-state index in [1.165, 1.54) is 19.1 Å². The molecular formula is C37H48O6. The molecule has 3 aliphatic rings. The molecule has 2 aliphatic carbocycles. The Kier molecular flexibility index (Phi) is 10.5. The first kappa shape index (κ1) is 34.3. The van der Waals surface area contributed by atoms with Crippen LogP contribution in [-0.4, -0.2) is 49.8 Å². The summed E-state index contributed by atoms with van der Waals surface area (Å²) in [6.45, 7) is 15.3. The maximum absolute atomic E-state index is 12.5. The van der Waals surface area contributed by atoms with Gasteiger partial charge in [-0.3, -0.25) is 0 Å². The molecule has 0 saturated heterocycles. The summed E-state index contributed by atoms with van der Waals surface area (Å²) in [7, 11) is 0. The Bertz CT molecular complexity index is 1390. The summed E-state index contributed by atoms with van der Waals surface area (Å²) < 4.78 is 5.38. The summed E-state index contributed by atoms with van der Waals surface area (Å²) >= 11 is 0. The van der Waals surface area contributed by atoms with Crippen LogP contribution < -0.4 is 0 Å². The van der Waals surface area contributed by atoms with E-state index in [-0.39, 0.29) is 23.5 Å². The smallest absolute Gasteiger partial charge is 0.343 e. The normalized spacial score (nSPS) is 32.5. The molecule has 6 heteroatoms. The fourth-order valence-electron chi connectivity index (χ4n) is 6.45. The Balaban J connectivity index is 1.63. The van der Waals surface area contributed by atoms with Crippen molar-refractivity contribution in [1.29, 1.82) is 0 Å². The van der Waals surface area contributed by atoms with E-state index in [0.717, 1.165) is 28.7 Å². The molecule has 0 radical (unpaired) electrons. The minimum atomic E-state index is -1.64. The molecule has 0 spiro atoms. The third-order valence-corrected chi connectivity index (χ3v) is 8.66. The highest BCUT2D eigenvalue weighted by molar-refractivity contribution is 5.95. The van der Waals surface area contributed by atoms with Crippen LogP contribution in [0.15, 0.2) is 94.4 Å². The highest BCUT2D eigenvalue weighted by Gasteiger charge is 2.58. The number of hydrogen-bond donors (Lipinski definition) is 4. The highest BCUT2D eigenvalue weighted by Crippen LogP contribution is 2.50. The molecule has 1 heterocycles. The Hall–Kier alpha value is -3.21. The third kappa shape index (κ3) is 8.25. The second-order valence-electron chi connectivity index (χ2n) is 13.7. The Labute approximate surface area is 257 Å². The first-order chi connectivity index (χ1) is 19.9. The summed E-state index contributed by atoms with van der Waals surface area (Å²) in [6.07, 6.45) is 18.5. The van der Waals surface area contributed by atoms with Gasteiger partial charge in [-0.1, -0.05) is 81.6 Å². The molecule has 0 aromatic carbocycles. The predicted molar refractivity (Wildman–Crippen MR) is 171 cm³/mol. The number of hydrogen-bond acceptors (Lipinski definition) is 6. The van der Waals surface area contributed by atoms with E-state index in [1.54, 1.807) is 26.0 Å². The fourth-order valence-corrected chi connectivity index (χ4v) is 6.45. The molecule has 0 aromatic rings. The quantitative estimate of drug-likeness (QED) is 0.170. The van der Waals surface area contributed by atoms with Crippen LogP contribution in [0, 0.1) is 22.7 Å². The number of carbonyl (C=O) groups is 1. The molecule has 4 atom stereocenters. The Morgan fingerprint density at radius 3 is 2.23 bits per heavy atom. The molecule has 0 amide bonds. The van der Waals surface area contributed by atoms with Crippen molar-refractivity contribution >= 4 is 5.97 Å². The van der Waals surface area contributed by atoms with Gasteiger partial charge in [0.05, 0.1) is 23.4 Å². The van der Waals surface area contributed by atoms with Crippen molar-refractivity contribution in [1.82, 2.24) is 0 Å². The zero-order chi connectivity index (χ0) is 32.2. The number of allylic oxidation sites excluding steroid dienone is 11. The SMILES string of the molecule is CC1=C(C#C/C(C)=C/C=C/C=C/C=C(C)/C=C2C=C(/C=C/[C@]3(O)C(C)(C)C[C@@H](O)C[C@]3(C)O)C(=O)O/2)C(C)(C)C[C@H](O)C1. The van der Waals surface area contributed by atoms with Crippen molar-refractivity contribution in [2.75, 3.05) is 0 Å². The van der Waals surface area contributed by atoms with Crippen LogP contribution in [0.1, 0.15) is 81.1 Å². The van der Waals surface area contributed by atoms with Gasteiger partial charge in [-0.05, 0) is 82.4 Å². The zero-order valence-electron chi connectivity index (χ0n) is 26.9. The van der Waals surface area contributed by atoms with E-state index in [1.807, 2.05) is 50.3 Å². The van der Waals surface area contributed by atoms with Crippen molar-refractivity contribution in [2.45, 2.75) is 104 Å². The number of esters is 1. The lowest BCUT2D eigenvalue weighted by Crippen LogP contribution is -2.65. The number of aliphatic hydroxyl groups is 4. The average Bonchev–Trinajstić information content (AvgIpc) is 3.20. The molecule has 3 rings (SSSR count). The van der Waals surface area contributed by atoms with Gasteiger partial charge in [-0.2, -0.15) is 0 Å². The Morgan fingerprint density at radius 2 is 1.60 bits per heavy atom. The molecule has 43 heavy (non-hydrogen) atoms. The van der Waals surface area contributed by atoms with Crippen LogP contribution in [0.3, 0.4) is 0 Å². The molecule has 1 saturated carbocycles. The summed E-state index contributed by atoms with van der Waals surface area (Å²) in [6, 6.07) is 0. The number of aliphatic hydroxyl groups excluding tert-OH is 2. The van der Waals surface area contributed by atoms with E-state index < -0.39 is 28.7 Å². The van der Waals surface area contributed by atoms with Gasteiger partial charge >= 0.3 is 5.97 Å². The zero-order valence-corrected chi connectivity index (χ0v) is 26.9. The first-order valence-electron chi connectivity index (χ1n) is 14.9. The molecular weight excluding hydrogens is 540 g/mol. The van der Waals surface area contributed by atoms with Crippen molar-refractivity contribution in [3.05, 3.63) is 94.4 Å². The van der Waals surface area contributed by atoms with E-state index in [0.29, 0.717) is 18.6 Å². The number of carbonyl (C=O) groups excluding carboxylic acids is 1. The van der Waals surface area contributed by atoms with Gasteiger partial charge in [0.2, 0.25) is 0 Å². The van der Waals surface area contributed by atoms with Crippen LogP contribution in [0.4, 0.5) is 0 Å². The molecule has 0 unspecified atom stereocenters. The molecule has 1 fully saturated rings. The average molecular weight is 589 g/mol. The van der Waals surface area contributed by atoms with Crippen molar-refractivity contribution in [2.24, 2.45) is 10.8 Å². The molecule has 0 aromatic heterocycles. The Morgan fingerprint density at radius 1 is 0.953 bits per heavy atom. The highest BCUT2D eigenvalue weighted by atomic mass is 16.5. The topological polar surface area (TPSA) is 107 Å². The van der Waals surface area contributed by atoms with Crippen molar-refractivity contribution < 1.29 is 30.0 Å². The maximum Gasteiger partial charge on any atom is 0.343 e. The molecule has 6 nitrogen and oxygen atoms in total. The van der Waals surface area contributed by atoms with Crippen molar-refractivity contribution in [3.8, 4) is 11.8 Å². The molecule has 0 bridgehead atoms. The summed E-state index contributed by atoms with van der Waals surface area (Å²) in [5, 5.41) is 42.6. The van der Waals surface area contributed by atoms with Gasteiger partial charge < -0.3 is 25.2 Å². The second-order valence-corrected chi connectivity index (χ2v) is 13.7. The predicted octanol–water partition coefficient (Wildman–Crippen LogP) is 6.08. The minimum absolute atomic E-state index is 0.0334. The van der Waals surface area contributed by atoms with E-state index in [9.17, 15) is 25.2 Å². The molecule has 4 N–H and O–H groups in total. The van der Waals surface area contributed by atoms with Gasteiger partial charge in [0, 0.05) is 22.8 Å². The van der Waals surface area contributed by atoms with Gasteiger partial charge in [0.1, 0.15) is 11.4 Å². The minimum Gasteiger partial charge on any atom is -0.423 e. The van der Waals surface area contributed by atoms with E-state index >= 15 is 0 Å². The maximum atomic E-state index is 12.5. The monoisotopic (exact) mass is 588 g/mol. The van der Waals surface area contributed by atoms with Crippen molar-refractivity contribution in [3.63, 3.8) is 0 Å². The number of rotatable bonds is 6. The van der Waals surface area contributed by atoms with Crippen LogP contribution >= 0.6 is 0 Å². The van der Waals surface area contributed by atoms with E-state index in [2.05, 4.69) is 32.6 Å². The lowest BCUT2D eigenvalue weighted by atomic mass is 9.57. The van der Waals surface area contributed by atoms with Gasteiger partial charge in [-0.25, -0.2) is 4.79 Å². The van der Waals surface area contributed by atoms with Crippen LogP contribution in [0.5, 0.6) is 0 Å². The lowest BCUT2D eigenvalue weighted by Gasteiger charge is -2.54. The standard InChI is InChI=1S/C37H48O6/c1-25(15-16-32-27(3)20-29(38)22-34(32,4)5)13-11-9-10-12-14-26(2)19-31-21-28(33(40)43-31)17-18-37(42)35(6,7)23-30(39)24-36(37,8)41/h9-14,17-19,21,29-30,38-39,41-42H,20,22-24H2,1-8H3/b11-9+,12-10+,18-17+,25-13+,26-14+,31-19-/t29-,30-,36+,37+/m1/s1.